The summed E-state index contributed by atoms with van der Waals surface area (Å²) in [4.78, 5) is 52.5. The van der Waals surface area contributed by atoms with Gasteiger partial charge in [0.15, 0.2) is 0 Å². The van der Waals surface area contributed by atoms with E-state index in [9.17, 15) is 14.4 Å². The van der Waals surface area contributed by atoms with Crippen LogP contribution >= 0.6 is 0 Å². The van der Waals surface area contributed by atoms with Crippen LogP contribution in [0.25, 0.3) is 0 Å². The molecule has 0 fully saturated rings. The molecule has 0 bridgehead atoms. The molecular formula is C31H66N7O6+. The number of ketones is 1. The number of hydrogen-bond acceptors (Lipinski definition) is 9. The third kappa shape index (κ3) is 77.2. The lowest BCUT2D eigenvalue weighted by Crippen LogP contribution is -2.28. The first-order valence-electron chi connectivity index (χ1n) is 15.4. The number of aliphatic imine (C=N–C) groups is 2. The number of Topliss-reactive ketones (excluding diaryl/α,β-unsaturated/α-hetero) is 1. The second-order valence-electron chi connectivity index (χ2n) is 9.99. The minimum atomic E-state index is -0.833. The zero-order valence-electron chi connectivity index (χ0n) is 30.0. The standard InChI is InChI=1S/C10H21N3O2.C9H20N2O.C7H15N2.C3H6O.C2H4O2/c1-5-11-10(15-9(2)14)12-7-6-8-13(3)4;1-4-10-9(12)7-5-6-8-11(2)3;1-3-5-6-9-7-8-4-2;1-3(2)4;1-2(3)4/h5-8H2,1-4H3,(H,11,12);4-8H2,1-3H3,(H,10,12);3-6H2,1-2H3,(H,8,9);1-2H3;1H3,(H,3,4)/q;;+1;;. The number of ether oxygens (including phenoxy) is 1. The average molecular weight is 633 g/mol. The summed E-state index contributed by atoms with van der Waals surface area (Å²) in [6.45, 7) is 19.5. The Morgan fingerprint density at radius 2 is 1.25 bits per heavy atom. The van der Waals surface area contributed by atoms with E-state index in [-0.39, 0.29) is 17.7 Å². The van der Waals surface area contributed by atoms with E-state index in [4.69, 9.17) is 14.6 Å². The number of carbonyl (C=O) groups excluding carboxylic acids is 3. The van der Waals surface area contributed by atoms with Crippen LogP contribution in [0.5, 0.6) is 0 Å². The monoisotopic (exact) mass is 633 g/mol. The number of hydrogen-bond donors (Lipinski definition) is 4. The molecule has 0 saturated carbocycles. The zero-order chi connectivity index (χ0) is 35.2. The molecule has 0 saturated heterocycles. The zero-order valence-corrected chi connectivity index (χ0v) is 30.0. The summed E-state index contributed by atoms with van der Waals surface area (Å²) in [5.74, 6) is -0.835. The Kier molecular flexibility index (Phi) is 48.2. The van der Waals surface area contributed by atoms with Gasteiger partial charge in [-0.2, -0.15) is 5.32 Å². The van der Waals surface area contributed by atoms with Crippen LogP contribution in [-0.2, 0) is 23.9 Å². The fourth-order valence-corrected chi connectivity index (χ4v) is 2.41. The number of carbonyl (C=O) groups is 4. The number of amidine groups is 1. The molecule has 44 heavy (non-hydrogen) atoms. The number of nitrogens with zero attached hydrogens (tertiary/aromatic N) is 4. The molecular weight excluding hydrogens is 566 g/mol. The maximum atomic E-state index is 11.0. The van der Waals surface area contributed by atoms with E-state index in [1.807, 2.05) is 49.0 Å². The summed E-state index contributed by atoms with van der Waals surface area (Å²) >= 11 is 0. The number of carboxylic acids is 1. The molecule has 0 heterocycles. The molecule has 0 unspecified atom stereocenters. The number of nitrogens with one attached hydrogen (secondary N) is 3. The molecule has 260 valence electrons. The third-order valence-electron chi connectivity index (χ3n) is 4.18. The maximum Gasteiger partial charge on any atom is 0.514 e. The molecule has 0 aliphatic rings. The van der Waals surface area contributed by atoms with Gasteiger partial charge in [0.25, 0.3) is 12.0 Å². The molecule has 0 atom stereocenters. The molecule has 13 nitrogen and oxygen atoms in total. The summed E-state index contributed by atoms with van der Waals surface area (Å²) in [6, 6.07) is 0.323. The van der Waals surface area contributed by atoms with Crippen LogP contribution in [0.4, 0.5) is 0 Å². The highest BCUT2D eigenvalue weighted by Gasteiger charge is 2.01. The second-order valence-corrected chi connectivity index (χ2v) is 9.99. The molecule has 0 aromatic heterocycles. The van der Waals surface area contributed by atoms with Gasteiger partial charge in [-0.25, -0.2) is 4.99 Å². The lowest BCUT2D eigenvalue weighted by atomic mass is 10.2. The van der Waals surface area contributed by atoms with Gasteiger partial charge < -0.3 is 35.1 Å². The Morgan fingerprint density at radius 3 is 1.66 bits per heavy atom. The number of aliphatic carboxylic acids is 1. The molecule has 0 aromatic carbocycles. The molecule has 1 amide bonds. The first-order chi connectivity index (χ1) is 20.6. The van der Waals surface area contributed by atoms with Crippen molar-refractivity contribution in [2.45, 2.75) is 93.9 Å². The summed E-state index contributed by atoms with van der Waals surface area (Å²) in [5.41, 5.74) is 0. The number of amides is 1. The highest BCUT2D eigenvalue weighted by molar-refractivity contribution is 5.86. The minimum absolute atomic E-state index is 0.167. The van der Waals surface area contributed by atoms with Crippen LogP contribution in [0.15, 0.2) is 9.98 Å². The molecule has 0 radical (unpaired) electrons. The van der Waals surface area contributed by atoms with Gasteiger partial charge in [-0.3, -0.25) is 14.4 Å². The smallest absolute Gasteiger partial charge is 0.481 e. The quantitative estimate of drug-likeness (QED) is 0.0495. The van der Waals surface area contributed by atoms with Crippen molar-refractivity contribution in [3.05, 3.63) is 0 Å². The molecule has 0 rings (SSSR count). The maximum absolute atomic E-state index is 11.0. The Labute approximate surface area is 268 Å². The van der Waals surface area contributed by atoms with Crippen molar-refractivity contribution in [3.63, 3.8) is 0 Å². The van der Waals surface area contributed by atoms with Gasteiger partial charge >= 0.3 is 12.3 Å². The Bertz CT molecular complexity index is 710. The van der Waals surface area contributed by atoms with Gasteiger partial charge in [0.05, 0.1) is 13.1 Å². The van der Waals surface area contributed by atoms with Crippen LogP contribution in [0, 0.1) is 0 Å². The third-order valence-corrected chi connectivity index (χ3v) is 4.18. The fraction of sp³-hybridized carbons (Fsp3) is 0.806. The molecule has 0 aliphatic heterocycles. The van der Waals surface area contributed by atoms with E-state index < -0.39 is 5.97 Å². The van der Waals surface area contributed by atoms with Crippen LogP contribution in [0.2, 0.25) is 0 Å². The second kappa shape index (κ2) is 42.0. The van der Waals surface area contributed by atoms with Crippen LogP contribution in [0.1, 0.15) is 93.9 Å². The van der Waals surface area contributed by atoms with Crippen molar-refractivity contribution >= 4 is 36.0 Å². The van der Waals surface area contributed by atoms with Gasteiger partial charge in [-0.05, 0) is 107 Å². The summed E-state index contributed by atoms with van der Waals surface area (Å²) < 4.78 is 4.88. The van der Waals surface area contributed by atoms with Crippen LogP contribution < -0.4 is 16.0 Å². The van der Waals surface area contributed by atoms with Gasteiger partial charge in [0.1, 0.15) is 5.78 Å². The largest absolute Gasteiger partial charge is 0.514 e. The molecule has 13 heteroatoms. The summed E-state index contributed by atoms with van der Waals surface area (Å²) in [6.07, 6.45) is 8.82. The Morgan fingerprint density at radius 1 is 0.750 bits per heavy atom. The number of rotatable bonds is 16. The highest BCUT2D eigenvalue weighted by atomic mass is 16.6. The van der Waals surface area contributed by atoms with Crippen LogP contribution in [0.3, 0.4) is 0 Å². The van der Waals surface area contributed by atoms with Crippen molar-refractivity contribution in [2.24, 2.45) is 9.98 Å². The summed E-state index contributed by atoms with van der Waals surface area (Å²) in [5, 5.41) is 16.0. The molecule has 0 spiro atoms. The minimum Gasteiger partial charge on any atom is -0.481 e. The van der Waals surface area contributed by atoms with Crippen molar-refractivity contribution in [2.75, 3.05) is 74.0 Å². The van der Waals surface area contributed by atoms with E-state index in [1.54, 1.807) is 0 Å². The van der Waals surface area contributed by atoms with Gasteiger partial charge in [0, 0.05) is 39.9 Å². The first kappa shape index (κ1) is 50.5. The lowest BCUT2D eigenvalue weighted by molar-refractivity contribution is -0.135. The molecule has 0 aromatic rings. The van der Waals surface area contributed by atoms with Crippen molar-refractivity contribution in [3.8, 4) is 0 Å². The molecule has 4 N–H and O–H groups in total. The number of carboxylic acid groups (broad SMARTS) is 1. The van der Waals surface area contributed by atoms with Crippen molar-refractivity contribution in [1.29, 1.82) is 0 Å². The highest BCUT2D eigenvalue weighted by Crippen LogP contribution is 1.95. The van der Waals surface area contributed by atoms with E-state index in [0.29, 0.717) is 25.5 Å². The number of unbranched alkanes of at least 4 members (excludes halogenated alkanes) is 2. The predicted octanol–water partition coefficient (Wildman–Crippen LogP) is 3.31. The molecule has 0 aliphatic carbocycles. The first-order valence-corrected chi connectivity index (χ1v) is 15.4. The van der Waals surface area contributed by atoms with Crippen LogP contribution in [-0.4, -0.2) is 125 Å². The van der Waals surface area contributed by atoms with Gasteiger partial charge in [0.2, 0.25) is 5.91 Å². The van der Waals surface area contributed by atoms with E-state index in [1.165, 1.54) is 33.6 Å². The fourth-order valence-electron chi connectivity index (χ4n) is 2.41. The van der Waals surface area contributed by atoms with E-state index in [2.05, 4.69) is 49.0 Å². The topological polar surface area (TPSA) is 165 Å². The van der Waals surface area contributed by atoms with Crippen molar-refractivity contribution < 1.29 is 29.0 Å². The van der Waals surface area contributed by atoms with Gasteiger partial charge in [-0.15, -0.1) is 0 Å². The van der Waals surface area contributed by atoms with E-state index in [0.717, 1.165) is 58.9 Å². The SMILES string of the molecule is CC(=O)O.CC(C)=O.CCCCN=[C+]NCC.CCNC(=NCCCN(C)C)OC(C)=O.CCNC(=O)CCCCN(C)C. The van der Waals surface area contributed by atoms with E-state index >= 15 is 0 Å². The summed E-state index contributed by atoms with van der Waals surface area (Å²) in [7, 11) is 8.13. The van der Waals surface area contributed by atoms with Gasteiger partial charge in [-0.1, -0.05) is 13.3 Å². The van der Waals surface area contributed by atoms with Crippen molar-refractivity contribution in [1.82, 2.24) is 25.8 Å². The Balaban J connectivity index is -0.000000157. The predicted molar refractivity (Wildman–Crippen MR) is 183 cm³/mol. The number of esters is 1. The Hall–Kier alpha value is -3.15. The normalized spacial score (nSPS) is 9.91. The average Bonchev–Trinajstić information content (AvgIpc) is 2.89. The lowest BCUT2D eigenvalue weighted by Gasteiger charge is -2.09.